The van der Waals surface area contributed by atoms with Crippen LogP contribution in [0, 0.1) is 17.3 Å². The lowest BCUT2D eigenvalue weighted by Gasteiger charge is -2.50. The first kappa shape index (κ1) is 11.4. The van der Waals surface area contributed by atoms with Gasteiger partial charge in [0.25, 0.3) is 0 Å². The Morgan fingerprint density at radius 3 is 2.00 bits per heavy atom. The Balaban J connectivity index is 1.75. The predicted molar refractivity (Wildman–Crippen MR) is 65.9 cm³/mol. The molecule has 1 aliphatic carbocycles. The number of nitrogens with zero attached hydrogens (tertiary/aromatic N) is 1. The Morgan fingerprint density at radius 2 is 1.53 bits per heavy atom. The summed E-state index contributed by atoms with van der Waals surface area (Å²) in [7, 11) is 0. The largest absolute Gasteiger partial charge is 0.300 e. The molecule has 2 rings (SSSR count). The molecule has 1 saturated heterocycles. The smallest absolute Gasteiger partial charge is 0.0101 e. The maximum atomic E-state index is 2.75. The van der Waals surface area contributed by atoms with Gasteiger partial charge in [-0.25, -0.2) is 0 Å². The van der Waals surface area contributed by atoms with Crippen LogP contribution in [0.25, 0.3) is 0 Å². The van der Waals surface area contributed by atoms with E-state index in [2.05, 4.69) is 32.6 Å². The number of likely N-dealkylation sites (tertiary alicyclic amines) is 1. The molecule has 0 atom stereocenters. The van der Waals surface area contributed by atoms with Crippen LogP contribution in [0.15, 0.2) is 0 Å². The van der Waals surface area contributed by atoms with Crippen LogP contribution >= 0.6 is 0 Å². The first-order valence-electron chi connectivity index (χ1n) is 6.71. The average Bonchev–Trinajstić information content (AvgIpc) is 2.03. The Hall–Kier alpha value is -0.0400. The molecule has 0 aromatic heterocycles. The molecule has 1 heteroatoms. The van der Waals surface area contributed by atoms with E-state index in [1.54, 1.807) is 0 Å². The zero-order chi connectivity index (χ0) is 11.1. The molecular formula is C14H27N. The Morgan fingerprint density at radius 1 is 1.00 bits per heavy atom. The second-order valence-electron chi connectivity index (χ2n) is 6.91. The van der Waals surface area contributed by atoms with E-state index >= 15 is 0 Å². The first-order valence-corrected chi connectivity index (χ1v) is 6.71. The zero-order valence-electron chi connectivity index (χ0n) is 10.9. The van der Waals surface area contributed by atoms with E-state index in [9.17, 15) is 0 Å². The number of piperidine rings is 1. The fraction of sp³-hybridized carbons (Fsp3) is 1.00. The van der Waals surface area contributed by atoms with Crippen molar-refractivity contribution in [2.24, 2.45) is 17.3 Å². The molecule has 15 heavy (non-hydrogen) atoms. The quantitative estimate of drug-likeness (QED) is 0.638. The molecule has 0 spiro atoms. The highest BCUT2D eigenvalue weighted by Gasteiger charge is 2.40. The van der Waals surface area contributed by atoms with Crippen molar-refractivity contribution in [3.05, 3.63) is 0 Å². The minimum absolute atomic E-state index is 0.541. The molecule has 0 radical (unpaired) electrons. The van der Waals surface area contributed by atoms with Gasteiger partial charge in [-0.1, -0.05) is 27.7 Å². The molecular weight excluding hydrogens is 182 g/mol. The highest BCUT2D eigenvalue weighted by Crippen LogP contribution is 2.44. The van der Waals surface area contributed by atoms with E-state index in [-0.39, 0.29) is 0 Å². The standard InChI is InChI=1S/C14H27N/c1-11-5-7-15(8-6-11)13-9-12(10-13)14(2,3)4/h11-13H,5-10H2,1-4H3. The lowest BCUT2D eigenvalue weighted by Crippen LogP contribution is -2.50. The maximum absolute atomic E-state index is 2.75. The molecule has 0 aromatic rings. The molecule has 0 bridgehead atoms. The van der Waals surface area contributed by atoms with Crippen molar-refractivity contribution in [2.45, 2.75) is 59.4 Å². The minimum Gasteiger partial charge on any atom is -0.300 e. The normalized spacial score (nSPS) is 35.2. The number of hydrogen-bond donors (Lipinski definition) is 0. The molecule has 2 fully saturated rings. The van der Waals surface area contributed by atoms with Gasteiger partial charge in [-0.3, -0.25) is 0 Å². The van der Waals surface area contributed by atoms with Crippen molar-refractivity contribution < 1.29 is 0 Å². The van der Waals surface area contributed by atoms with E-state index in [1.165, 1.54) is 38.8 Å². The lowest BCUT2D eigenvalue weighted by molar-refractivity contribution is 0.00548. The van der Waals surface area contributed by atoms with Crippen LogP contribution in [0.5, 0.6) is 0 Å². The molecule has 1 aliphatic heterocycles. The van der Waals surface area contributed by atoms with Gasteiger partial charge in [0.1, 0.15) is 0 Å². The van der Waals surface area contributed by atoms with Gasteiger partial charge < -0.3 is 4.90 Å². The van der Waals surface area contributed by atoms with Crippen molar-refractivity contribution in [3.63, 3.8) is 0 Å². The van der Waals surface area contributed by atoms with Crippen LogP contribution < -0.4 is 0 Å². The van der Waals surface area contributed by atoms with Crippen molar-refractivity contribution in [2.75, 3.05) is 13.1 Å². The van der Waals surface area contributed by atoms with E-state index in [4.69, 9.17) is 0 Å². The maximum Gasteiger partial charge on any atom is 0.0101 e. The van der Waals surface area contributed by atoms with E-state index in [0.717, 1.165) is 17.9 Å². The van der Waals surface area contributed by atoms with Gasteiger partial charge in [-0.05, 0) is 56.0 Å². The van der Waals surface area contributed by atoms with Crippen LogP contribution in [-0.4, -0.2) is 24.0 Å². The summed E-state index contributed by atoms with van der Waals surface area (Å²) in [6, 6.07) is 0.932. The van der Waals surface area contributed by atoms with Gasteiger partial charge >= 0.3 is 0 Å². The van der Waals surface area contributed by atoms with Crippen LogP contribution in [-0.2, 0) is 0 Å². The fourth-order valence-electron chi connectivity index (χ4n) is 2.99. The summed E-state index contributed by atoms with van der Waals surface area (Å²) >= 11 is 0. The molecule has 0 N–H and O–H groups in total. The van der Waals surface area contributed by atoms with Gasteiger partial charge in [0.15, 0.2) is 0 Å². The fourth-order valence-corrected chi connectivity index (χ4v) is 2.99. The van der Waals surface area contributed by atoms with Crippen LogP contribution in [0.1, 0.15) is 53.4 Å². The molecule has 1 nitrogen and oxygen atoms in total. The summed E-state index contributed by atoms with van der Waals surface area (Å²) in [5, 5.41) is 0. The van der Waals surface area contributed by atoms with E-state index in [0.29, 0.717) is 5.41 Å². The van der Waals surface area contributed by atoms with Crippen molar-refractivity contribution in [3.8, 4) is 0 Å². The molecule has 0 aromatic carbocycles. The third-order valence-corrected chi connectivity index (χ3v) is 4.67. The van der Waals surface area contributed by atoms with Gasteiger partial charge in [0.05, 0.1) is 0 Å². The van der Waals surface area contributed by atoms with Crippen LogP contribution in [0.2, 0.25) is 0 Å². The van der Waals surface area contributed by atoms with Crippen LogP contribution in [0.3, 0.4) is 0 Å². The van der Waals surface area contributed by atoms with Crippen LogP contribution in [0.4, 0.5) is 0 Å². The topological polar surface area (TPSA) is 3.24 Å². The molecule has 88 valence electrons. The summed E-state index contributed by atoms with van der Waals surface area (Å²) in [5.41, 5.74) is 0.541. The molecule has 0 unspecified atom stereocenters. The van der Waals surface area contributed by atoms with Crippen molar-refractivity contribution in [1.29, 1.82) is 0 Å². The molecule has 2 aliphatic rings. The predicted octanol–water partition coefficient (Wildman–Crippen LogP) is 3.54. The SMILES string of the molecule is CC1CCN(C2CC(C(C)(C)C)C2)CC1. The van der Waals surface area contributed by atoms with Gasteiger partial charge in [-0.15, -0.1) is 0 Å². The molecule has 1 heterocycles. The first-order chi connectivity index (χ1) is 6.97. The average molecular weight is 209 g/mol. The zero-order valence-corrected chi connectivity index (χ0v) is 10.9. The second kappa shape index (κ2) is 4.08. The summed E-state index contributed by atoms with van der Waals surface area (Å²) < 4.78 is 0. The lowest BCUT2D eigenvalue weighted by atomic mass is 9.65. The Kier molecular flexibility index (Phi) is 3.12. The van der Waals surface area contributed by atoms with Gasteiger partial charge in [0, 0.05) is 6.04 Å². The summed E-state index contributed by atoms with van der Waals surface area (Å²) in [6.07, 6.45) is 5.77. The number of rotatable bonds is 1. The van der Waals surface area contributed by atoms with Gasteiger partial charge in [0.2, 0.25) is 0 Å². The van der Waals surface area contributed by atoms with Crippen molar-refractivity contribution >= 4 is 0 Å². The highest BCUT2D eigenvalue weighted by atomic mass is 15.2. The third kappa shape index (κ3) is 2.55. The summed E-state index contributed by atoms with van der Waals surface area (Å²) in [6.45, 7) is 12.3. The highest BCUT2D eigenvalue weighted by molar-refractivity contribution is 4.93. The minimum atomic E-state index is 0.541. The van der Waals surface area contributed by atoms with E-state index in [1.807, 2.05) is 0 Å². The monoisotopic (exact) mass is 209 g/mol. The Labute approximate surface area is 95.2 Å². The second-order valence-corrected chi connectivity index (χ2v) is 6.91. The summed E-state index contributed by atoms with van der Waals surface area (Å²) in [4.78, 5) is 2.75. The van der Waals surface area contributed by atoms with Gasteiger partial charge in [-0.2, -0.15) is 0 Å². The van der Waals surface area contributed by atoms with Crippen molar-refractivity contribution in [1.82, 2.24) is 4.90 Å². The molecule has 0 amide bonds. The Bertz CT molecular complexity index is 202. The molecule has 1 saturated carbocycles. The van der Waals surface area contributed by atoms with E-state index < -0.39 is 0 Å². The third-order valence-electron chi connectivity index (χ3n) is 4.67. The summed E-state index contributed by atoms with van der Waals surface area (Å²) in [5.74, 6) is 1.95. The number of hydrogen-bond acceptors (Lipinski definition) is 1.